The average Bonchev–Trinajstić information content (AvgIpc) is 2.17. The van der Waals surface area contributed by atoms with Gasteiger partial charge in [-0.15, -0.1) is 0 Å². The molecule has 0 aliphatic heterocycles. The molecule has 0 heterocycles. The zero-order chi connectivity index (χ0) is 8.97. The molecule has 61 valence electrons. The molecule has 12 heavy (non-hydrogen) atoms. The smallest absolute Gasteiger partial charge is 0.273 e. The number of rotatable bonds is 2. The van der Waals surface area contributed by atoms with Crippen molar-refractivity contribution in [1.82, 2.24) is 4.90 Å². The first-order valence-corrected chi connectivity index (χ1v) is 3.46. The fourth-order valence-electron chi connectivity index (χ4n) is 0.816. The van der Waals surface area contributed by atoms with Crippen LogP contribution in [0.5, 0.6) is 0 Å². The van der Waals surface area contributed by atoms with E-state index in [0.29, 0.717) is 5.56 Å². The molecule has 0 unspecified atom stereocenters. The number of amides is 2. The Morgan fingerprint density at radius 3 is 2.42 bits per heavy atom. The normalized spacial score (nSPS) is 9.08. The summed E-state index contributed by atoms with van der Waals surface area (Å²) in [5.74, 6) is -0.342. The molecule has 1 aromatic rings. The molecular formula is C9H8NO2. The van der Waals surface area contributed by atoms with Crippen LogP contribution in [0.25, 0.3) is 0 Å². The van der Waals surface area contributed by atoms with Crippen LogP contribution < -0.4 is 0 Å². The monoisotopic (exact) mass is 162 g/mol. The van der Waals surface area contributed by atoms with Crippen LogP contribution >= 0.6 is 0 Å². The van der Waals surface area contributed by atoms with Crippen LogP contribution in [0.1, 0.15) is 10.4 Å². The Bertz CT molecular complexity index is 282. The minimum atomic E-state index is -0.342. The van der Waals surface area contributed by atoms with Gasteiger partial charge in [-0.3, -0.25) is 14.5 Å². The van der Waals surface area contributed by atoms with Gasteiger partial charge in [0.25, 0.3) is 5.91 Å². The summed E-state index contributed by atoms with van der Waals surface area (Å²) in [6.07, 6.45) is 1.50. The zero-order valence-electron chi connectivity index (χ0n) is 6.65. The van der Waals surface area contributed by atoms with E-state index in [9.17, 15) is 9.59 Å². The lowest BCUT2D eigenvalue weighted by atomic mass is 10.2. The van der Waals surface area contributed by atoms with Gasteiger partial charge in [-0.1, -0.05) is 18.2 Å². The van der Waals surface area contributed by atoms with E-state index < -0.39 is 0 Å². The molecule has 0 aliphatic carbocycles. The molecule has 0 spiro atoms. The molecule has 0 bridgehead atoms. The van der Waals surface area contributed by atoms with Gasteiger partial charge in [0.1, 0.15) is 0 Å². The van der Waals surface area contributed by atoms with Gasteiger partial charge in [-0.25, -0.2) is 0 Å². The summed E-state index contributed by atoms with van der Waals surface area (Å²) in [5.41, 5.74) is 0.489. The second-order valence-corrected chi connectivity index (χ2v) is 2.32. The first-order chi connectivity index (χ1) is 5.75. The fourth-order valence-corrected chi connectivity index (χ4v) is 0.816. The number of hydrogen-bond acceptors (Lipinski definition) is 2. The highest BCUT2D eigenvalue weighted by molar-refractivity contribution is 5.99. The van der Waals surface area contributed by atoms with Crippen molar-refractivity contribution in [2.75, 3.05) is 7.05 Å². The fraction of sp³-hybridized carbons (Fsp3) is 0.111. The predicted molar refractivity (Wildman–Crippen MR) is 44.2 cm³/mol. The summed E-state index contributed by atoms with van der Waals surface area (Å²) in [4.78, 5) is 22.2. The third kappa shape index (κ3) is 1.69. The Morgan fingerprint density at radius 1 is 1.33 bits per heavy atom. The number of imide groups is 1. The molecule has 0 fully saturated rings. The van der Waals surface area contributed by atoms with E-state index in [1.165, 1.54) is 13.5 Å². The van der Waals surface area contributed by atoms with Crippen LogP contribution in [0.4, 0.5) is 0 Å². The van der Waals surface area contributed by atoms with Gasteiger partial charge in [0.05, 0.1) is 0 Å². The Balaban J connectivity index is 2.85. The van der Waals surface area contributed by atoms with Crippen LogP contribution in [-0.4, -0.2) is 24.3 Å². The van der Waals surface area contributed by atoms with Gasteiger partial charge in [0, 0.05) is 12.6 Å². The molecule has 3 nitrogen and oxygen atoms in total. The van der Waals surface area contributed by atoms with Gasteiger partial charge in [-0.05, 0) is 12.1 Å². The maximum absolute atomic E-state index is 11.2. The van der Waals surface area contributed by atoms with E-state index in [1.807, 2.05) is 0 Å². The SMILES string of the molecule is CN([C]=O)C(=O)c1ccccc1. The quantitative estimate of drug-likeness (QED) is 0.604. The third-order valence-electron chi connectivity index (χ3n) is 1.46. The molecule has 0 aliphatic rings. The predicted octanol–water partition coefficient (Wildman–Crippen LogP) is 0.826. The number of hydrogen-bond donors (Lipinski definition) is 0. The highest BCUT2D eigenvalue weighted by atomic mass is 16.2. The molecule has 3 heteroatoms. The number of benzene rings is 1. The standard InChI is InChI=1S/C9H8NO2/c1-10(7-11)9(12)8-5-3-2-4-6-8/h2-6H,1H3. The molecule has 0 aromatic heterocycles. The first kappa shape index (κ1) is 8.46. The lowest BCUT2D eigenvalue weighted by molar-refractivity contribution is 0.0868. The van der Waals surface area contributed by atoms with Crippen molar-refractivity contribution >= 4 is 12.3 Å². The Hall–Kier alpha value is -1.64. The van der Waals surface area contributed by atoms with E-state index in [4.69, 9.17) is 0 Å². The van der Waals surface area contributed by atoms with E-state index in [-0.39, 0.29) is 5.91 Å². The van der Waals surface area contributed by atoms with Crippen molar-refractivity contribution < 1.29 is 9.59 Å². The summed E-state index contributed by atoms with van der Waals surface area (Å²) in [5, 5.41) is 0. The van der Waals surface area contributed by atoms with Gasteiger partial charge < -0.3 is 0 Å². The van der Waals surface area contributed by atoms with E-state index in [2.05, 4.69) is 0 Å². The summed E-state index contributed by atoms with van der Waals surface area (Å²) >= 11 is 0. The van der Waals surface area contributed by atoms with Gasteiger partial charge in [0.15, 0.2) is 0 Å². The third-order valence-corrected chi connectivity index (χ3v) is 1.46. The second kappa shape index (κ2) is 3.67. The Kier molecular flexibility index (Phi) is 2.58. The summed E-state index contributed by atoms with van der Waals surface area (Å²) in [6.45, 7) is 0. The Morgan fingerprint density at radius 2 is 1.92 bits per heavy atom. The zero-order valence-corrected chi connectivity index (χ0v) is 6.65. The van der Waals surface area contributed by atoms with Crippen molar-refractivity contribution in [1.29, 1.82) is 0 Å². The number of carbonyl (C=O) groups excluding carboxylic acids is 2. The second-order valence-electron chi connectivity index (χ2n) is 2.32. The topological polar surface area (TPSA) is 37.4 Å². The van der Waals surface area contributed by atoms with Crippen LogP contribution in [0.15, 0.2) is 30.3 Å². The minimum absolute atomic E-state index is 0.342. The average molecular weight is 162 g/mol. The van der Waals surface area contributed by atoms with Crippen molar-refractivity contribution in [3.05, 3.63) is 35.9 Å². The van der Waals surface area contributed by atoms with Crippen LogP contribution in [-0.2, 0) is 4.79 Å². The van der Waals surface area contributed by atoms with Crippen molar-refractivity contribution in [2.24, 2.45) is 0 Å². The van der Waals surface area contributed by atoms with Crippen molar-refractivity contribution in [3.63, 3.8) is 0 Å². The molecule has 0 saturated carbocycles. The molecule has 1 aromatic carbocycles. The summed E-state index contributed by atoms with van der Waals surface area (Å²) in [6, 6.07) is 8.59. The minimum Gasteiger partial charge on any atom is -0.273 e. The highest BCUT2D eigenvalue weighted by Crippen LogP contribution is 2.00. The van der Waals surface area contributed by atoms with E-state index in [1.54, 1.807) is 30.3 Å². The first-order valence-electron chi connectivity index (χ1n) is 3.46. The molecule has 1 rings (SSSR count). The highest BCUT2D eigenvalue weighted by Gasteiger charge is 2.09. The van der Waals surface area contributed by atoms with Crippen molar-refractivity contribution in [2.45, 2.75) is 0 Å². The Labute approximate surface area is 70.6 Å². The van der Waals surface area contributed by atoms with Gasteiger partial charge in [0.2, 0.25) is 0 Å². The lowest BCUT2D eigenvalue weighted by Crippen LogP contribution is -2.24. The lowest BCUT2D eigenvalue weighted by Gasteiger charge is -2.06. The molecule has 0 N–H and O–H groups in total. The molecule has 0 atom stereocenters. The van der Waals surface area contributed by atoms with Crippen molar-refractivity contribution in [3.8, 4) is 0 Å². The molecule has 2 amide bonds. The van der Waals surface area contributed by atoms with Crippen LogP contribution in [0, 0.1) is 0 Å². The van der Waals surface area contributed by atoms with E-state index in [0.717, 1.165) is 4.90 Å². The van der Waals surface area contributed by atoms with Crippen LogP contribution in [0.2, 0.25) is 0 Å². The molecule has 0 saturated heterocycles. The van der Waals surface area contributed by atoms with E-state index >= 15 is 0 Å². The summed E-state index contributed by atoms with van der Waals surface area (Å²) in [7, 11) is 1.38. The van der Waals surface area contributed by atoms with Gasteiger partial charge in [-0.2, -0.15) is 0 Å². The number of carbonyl (C=O) groups is 1. The molecule has 1 radical (unpaired) electrons. The molecular weight excluding hydrogens is 154 g/mol. The maximum atomic E-state index is 11.2. The summed E-state index contributed by atoms with van der Waals surface area (Å²) < 4.78 is 0. The van der Waals surface area contributed by atoms with Crippen LogP contribution in [0.3, 0.4) is 0 Å². The largest absolute Gasteiger partial charge is 0.319 e. The number of nitrogens with zero attached hydrogens (tertiary/aromatic N) is 1. The maximum Gasteiger partial charge on any atom is 0.319 e. The van der Waals surface area contributed by atoms with Gasteiger partial charge >= 0.3 is 6.41 Å².